The molecule has 0 aliphatic carbocycles. The van der Waals surface area contributed by atoms with Gasteiger partial charge in [0, 0.05) is 50.0 Å². The van der Waals surface area contributed by atoms with Gasteiger partial charge in [-0.15, -0.1) is 11.8 Å². The van der Waals surface area contributed by atoms with Crippen molar-refractivity contribution in [2.75, 3.05) is 51.6 Å². The molecular weight excluding hydrogens is 382 g/mol. The van der Waals surface area contributed by atoms with Crippen molar-refractivity contribution in [2.45, 2.75) is 25.0 Å². The summed E-state index contributed by atoms with van der Waals surface area (Å²) in [7, 11) is 0. The second-order valence-corrected chi connectivity index (χ2v) is 8.64. The first-order valence-corrected chi connectivity index (χ1v) is 11.3. The first kappa shape index (κ1) is 20.5. The Balaban J connectivity index is 1.34. The summed E-state index contributed by atoms with van der Waals surface area (Å²) >= 11 is 7.61. The van der Waals surface area contributed by atoms with Crippen molar-refractivity contribution < 1.29 is 9.59 Å². The van der Waals surface area contributed by atoms with Gasteiger partial charge >= 0.3 is 0 Å². The number of benzene rings is 1. The lowest BCUT2D eigenvalue weighted by Crippen LogP contribution is -2.52. The molecule has 5 nitrogen and oxygen atoms in total. The highest BCUT2D eigenvalue weighted by Crippen LogP contribution is 2.17. The summed E-state index contributed by atoms with van der Waals surface area (Å²) < 4.78 is 0. The van der Waals surface area contributed by atoms with Crippen molar-refractivity contribution in [1.29, 1.82) is 0 Å². The molecule has 1 aromatic rings. The molecular formula is C20H28ClN3O2S. The average Bonchev–Trinajstić information content (AvgIpc) is 2.69. The summed E-state index contributed by atoms with van der Waals surface area (Å²) in [6.45, 7) is 5.29. The fourth-order valence-corrected chi connectivity index (χ4v) is 4.65. The van der Waals surface area contributed by atoms with Crippen LogP contribution in [0, 0.1) is 0 Å². The van der Waals surface area contributed by atoms with Gasteiger partial charge in [-0.25, -0.2) is 0 Å². The van der Waals surface area contributed by atoms with E-state index in [2.05, 4.69) is 4.90 Å². The molecule has 148 valence electrons. The van der Waals surface area contributed by atoms with Gasteiger partial charge in [-0.1, -0.05) is 23.7 Å². The molecule has 2 saturated heterocycles. The molecule has 0 radical (unpaired) electrons. The molecule has 3 rings (SSSR count). The molecule has 0 saturated carbocycles. The van der Waals surface area contributed by atoms with Gasteiger partial charge in [-0.3, -0.25) is 14.5 Å². The minimum absolute atomic E-state index is 0.184. The Labute approximate surface area is 171 Å². The van der Waals surface area contributed by atoms with Crippen LogP contribution in [0.15, 0.2) is 24.3 Å². The number of rotatable bonds is 6. The Morgan fingerprint density at radius 3 is 2.33 bits per heavy atom. The average molecular weight is 410 g/mol. The number of halogens is 1. The zero-order valence-corrected chi connectivity index (χ0v) is 17.3. The zero-order valence-electron chi connectivity index (χ0n) is 15.7. The third-order valence-corrected chi connectivity index (χ3v) is 6.40. The minimum atomic E-state index is 0.184. The minimum Gasteiger partial charge on any atom is -0.342 e. The molecule has 2 heterocycles. The number of nitrogens with zero attached hydrogens (tertiary/aromatic N) is 3. The summed E-state index contributed by atoms with van der Waals surface area (Å²) in [5.41, 5.74) is 1.14. The quantitative estimate of drug-likeness (QED) is 0.724. The summed E-state index contributed by atoms with van der Waals surface area (Å²) in [6, 6.07) is 7.76. The SMILES string of the molecule is O=C(CSCc1cccc(Cl)c1)N1CCN(CC(=O)N2CCCCC2)CC1. The Morgan fingerprint density at radius 1 is 0.926 bits per heavy atom. The molecule has 0 bridgehead atoms. The zero-order chi connectivity index (χ0) is 19.1. The fraction of sp³-hybridized carbons (Fsp3) is 0.600. The molecule has 2 amide bonds. The van der Waals surface area contributed by atoms with Crippen molar-refractivity contribution in [3.8, 4) is 0 Å². The Kier molecular flexibility index (Phi) is 7.85. The molecule has 1 aromatic carbocycles. The van der Waals surface area contributed by atoms with Crippen LogP contribution < -0.4 is 0 Å². The van der Waals surface area contributed by atoms with Gasteiger partial charge < -0.3 is 9.80 Å². The van der Waals surface area contributed by atoms with Crippen molar-refractivity contribution in [2.24, 2.45) is 0 Å². The highest BCUT2D eigenvalue weighted by molar-refractivity contribution is 7.99. The first-order chi connectivity index (χ1) is 13.1. The van der Waals surface area contributed by atoms with Crippen molar-refractivity contribution in [3.63, 3.8) is 0 Å². The van der Waals surface area contributed by atoms with Crippen LogP contribution in [-0.4, -0.2) is 78.1 Å². The van der Waals surface area contributed by atoms with E-state index in [9.17, 15) is 9.59 Å². The lowest BCUT2D eigenvalue weighted by molar-refractivity contribution is -0.134. The van der Waals surface area contributed by atoms with E-state index in [4.69, 9.17) is 11.6 Å². The number of carbonyl (C=O) groups excluding carboxylic acids is 2. The molecule has 0 N–H and O–H groups in total. The van der Waals surface area contributed by atoms with E-state index < -0.39 is 0 Å². The second-order valence-electron chi connectivity index (χ2n) is 7.22. The summed E-state index contributed by atoms with van der Waals surface area (Å²) in [5, 5.41) is 0.731. The summed E-state index contributed by atoms with van der Waals surface area (Å²) in [5.74, 6) is 1.70. The third-order valence-electron chi connectivity index (χ3n) is 5.18. The Bertz CT molecular complexity index is 644. The largest absolute Gasteiger partial charge is 0.342 e. The number of hydrogen-bond acceptors (Lipinski definition) is 4. The van der Waals surface area contributed by atoms with E-state index >= 15 is 0 Å². The van der Waals surface area contributed by atoms with Gasteiger partial charge in [0.05, 0.1) is 12.3 Å². The lowest BCUT2D eigenvalue weighted by atomic mass is 10.1. The Morgan fingerprint density at radius 2 is 1.63 bits per heavy atom. The smallest absolute Gasteiger partial charge is 0.236 e. The highest BCUT2D eigenvalue weighted by atomic mass is 35.5. The molecule has 0 aromatic heterocycles. The Hall–Kier alpha value is -1.24. The van der Waals surface area contributed by atoms with Gasteiger partial charge in [0.1, 0.15) is 0 Å². The maximum absolute atomic E-state index is 12.4. The predicted molar refractivity (Wildman–Crippen MR) is 111 cm³/mol. The van der Waals surface area contributed by atoms with Gasteiger partial charge in [0.2, 0.25) is 11.8 Å². The number of piperazine rings is 1. The molecule has 2 aliphatic heterocycles. The van der Waals surface area contributed by atoms with Gasteiger partial charge in [0.15, 0.2) is 0 Å². The number of thioether (sulfide) groups is 1. The fourth-order valence-electron chi connectivity index (χ4n) is 3.56. The molecule has 0 spiro atoms. The molecule has 2 aliphatic rings. The van der Waals surface area contributed by atoms with E-state index in [1.54, 1.807) is 11.8 Å². The van der Waals surface area contributed by atoms with E-state index in [1.165, 1.54) is 6.42 Å². The number of carbonyl (C=O) groups is 2. The standard InChI is InChI=1S/C20H28ClN3O2S/c21-18-6-4-5-17(13-18)15-27-16-20(26)24-11-9-22(10-12-24)14-19(25)23-7-2-1-3-8-23/h4-6,13H,1-3,7-12,14-16H2. The van der Waals surface area contributed by atoms with E-state index in [-0.39, 0.29) is 11.8 Å². The van der Waals surface area contributed by atoms with Crippen LogP contribution in [0.3, 0.4) is 0 Å². The van der Waals surface area contributed by atoms with Crippen LogP contribution in [0.5, 0.6) is 0 Å². The van der Waals surface area contributed by atoms with Gasteiger partial charge in [-0.2, -0.15) is 0 Å². The second kappa shape index (κ2) is 10.3. The summed E-state index contributed by atoms with van der Waals surface area (Å²) in [4.78, 5) is 30.9. The van der Waals surface area contributed by atoms with Crippen LogP contribution in [0.2, 0.25) is 5.02 Å². The van der Waals surface area contributed by atoms with Crippen LogP contribution in [0.1, 0.15) is 24.8 Å². The van der Waals surface area contributed by atoms with Crippen molar-refractivity contribution in [3.05, 3.63) is 34.9 Å². The highest BCUT2D eigenvalue weighted by Gasteiger charge is 2.24. The monoisotopic (exact) mass is 409 g/mol. The summed E-state index contributed by atoms with van der Waals surface area (Å²) in [6.07, 6.45) is 3.49. The lowest BCUT2D eigenvalue weighted by Gasteiger charge is -2.36. The number of hydrogen-bond donors (Lipinski definition) is 0. The predicted octanol–water partition coefficient (Wildman–Crippen LogP) is 2.73. The maximum Gasteiger partial charge on any atom is 0.236 e. The van der Waals surface area contributed by atoms with Crippen LogP contribution in [0.4, 0.5) is 0 Å². The van der Waals surface area contributed by atoms with Crippen LogP contribution in [-0.2, 0) is 15.3 Å². The van der Waals surface area contributed by atoms with Gasteiger partial charge in [0.25, 0.3) is 0 Å². The first-order valence-electron chi connectivity index (χ1n) is 9.72. The van der Waals surface area contributed by atoms with Crippen molar-refractivity contribution >= 4 is 35.2 Å². The molecule has 27 heavy (non-hydrogen) atoms. The van der Waals surface area contributed by atoms with Gasteiger partial charge in [-0.05, 0) is 37.0 Å². The van der Waals surface area contributed by atoms with E-state index in [1.807, 2.05) is 34.1 Å². The molecule has 2 fully saturated rings. The third kappa shape index (κ3) is 6.40. The van der Waals surface area contributed by atoms with E-state index in [0.29, 0.717) is 25.4 Å². The maximum atomic E-state index is 12.4. The number of piperidine rings is 1. The number of likely N-dealkylation sites (tertiary alicyclic amines) is 1. The number of amides is 2. The van der Waals surface area contributed by atoms with Crippen LogP contribution >= 0.6 is 23.4 Å². The van der Waals surface area contributed by atoms with Crippen LogP contribution in [0.25, 0.3) is 0 Å². The molecule has 0 atom stereocenters. The van der Waals surface area contributed by atoms with E-state index in [0.717, 1.165) is 55.4 Å². The normalized spacial score (nSPS) is 18.6. The van der Waals surface area contributed by atoms with Crippen molar-refractivity contribution in [1.82, 2.24) is 14.7 Å². The molecule has 0 unspecified atom stereocenters. The topological polar surface area (TPSA) is 43.9 Å². The molecule has 7 heteroatoms.